The molecule has 1 aliphatic carbocycles. The number of hydrogen-bond donors (Lipinski definition) is 0. The molecule has 6 rings (SSSR count). The number of aryl methyl sites for hydroxylation is 1. The first kappa shape index (κ1) is 24.6. The fourth-order valence-corrected chi connectivity index (χ4v) is 7.13. The minimum Gasteiger partial charge on any atom is -0.465 e. The van der Waals surface area contributed by atoms with Crippen LogP contribution in [0.5, 0.6) is 0 Å². The van der Waals surface area contributed by atoms with Crippen LogP contribution < -0.4 is 14.9 Å². The number of carbonyl (C=O) groups excluding carboxylic acids is 3. The molecule has 3 unspecified atom stereocenters. The van der Waals surface area contributed by atoms with E-state index in [9.17, 15) is 14.4 Å². The molecule has 3 heterocycles. The Morgan fingerprint density at radius 2 is 1.71 bits per heavy atom. The van der Waals surface area contributed by atoms with Crippen molar-refractivity contribution in [2.45, 2.75) is 37.8 Å². The highest BCUT2D eigenvalue weighted by Crippen LogP contribution is 2.50. The number of anilines is 3. The molecule has 3 atom stereocenters. The van der Waals surface area contributed by atoms with E-state index in [1.54, 1.807) is 5.06 Å². The maximum absolute atomic E-state index is 14.2. The minimum absolute atomic E-state index is 0.348. The van der Waals surface area contributed by atoms with E-state index in [-0.39, 0.29) is 5.91 Å². The molecule has 0 bridgehead atoms. The number of benzene rings is 2. The molecule has 8 nitrogen and oxygen atoms in total. The molecule has 3 aromatic rings. The summed E-state index contributed by atoms with van der Waals surface area (Å²) in [6.45, 7) is 0. The number of methoxy groups -OCH3 is 1. The van der Waals surface area contributed by atoms with Gasteiger partial charge in [0.2, 0.25) is 5.91 Å². The number of ether oxygens (including phenoxy) is 1. The standard InChI is InChI=1S/C29H29N3O5S/c1-30(2)18-15-13-17(14-16-18)24-23-25(37-32(24)19-9-5-4-6-10-19)27(34)31(26(23)33)28-22(29(35)36-3)20-11-7-8-12-21(20)38-28/h4-6,9-10,13-16,23-25H,7-8,11-12H2,1-3H3. The van der Waals surface area contributed by atoms with E-state index in [2.05, 4.69) is 0 Å². The molecule has 2 saturated heterocycles. The van der Waals surface area contributed by atoms with Gasteiger partial charge >= 0.3 is 5.97 Å². The Balaban J connectivity index is 1.44. The van der Waals surface area contributed by atoms with Crippen molar-refractivity contribution in [2.75, 3.05) is 36.1 Å². The van der Waals surface area contributed by atoms with Crippen molar-refractivity contribution in [1.82, 2.24) is 0 Å². The lowest BCUT2D eigenvalue weighted by atomic mass is 9.90. The first-order valence-corrected chi connectivity index (χ1v) is 13.6. The lowest BCUT2D eigenvalue weighted by Crippen LogP contribution is -2.37. The molecule has 3 aliphatic rings. The van der Waals surface area contributed by atoms with Gasteiger partial charge < -0.3 is 9.64 Å². The van der Waals surface area contributed by atoms with Crippen LogP contribution in [0.2, 0.25) is 0 Å². The lowest BCUT2D eigenvalue weighted by molar-refractivity contribution is -0.126. The molecule has 0 N–H and O–H groups in total. The summed E-state index contributed by atoms with van der Waals surface area (Å²) in [6, 6.07) is 16.9. The highest BCUT2D eigenvalue weighted by Gasteiger charge is 2.61. The average Bonchev–Trinajstić information content (AvgIpc) is 3.59. The summed E-state index contributed by atoms with van der Waals surface area (Å²) in [5.74, 6) is -2.08. The van der Waals surface area contributed by atoms with Crippen molar-refractivity contribution in [3.05, 3.63) is 76.2 Å². The molecule has 1 aromatic heterocycles. The fraction of sp³-hybridized carbons (Fsp3) is 0.345. The average molecular weight is 532 g/mol. The van der Waals surface area contributed by atoms with Crippen LogP contribution in [0, 0.1) is 5.92 Å². The Hall–Kier alpha value is -3.69. The van der Waals surface area contributed by atoms with Gasteiger partial charge in [0.25, 0.3) is 5.91 Å². The van der Waals surface area contributed by atoms with E-state index in [4.69, 9.17) is 9.57 Å². The Morgan fingerprint density at radius 3 is 2.39 bits per heavy atom. The lowest BCUT2D eigenvalue weighted by Gasteiger charge is -2.29. The zero-order valence-corrected chi connectivity index (χ0v) is 22.4. The molecular weight excluding hydrogens is 502 g/mol. The van der Waals surface area contributed by atoms with E-state index in [1.165, 1.54) is 23.3 Å². The first-order valence-electron chi connectivity index (χ1n) is 12.8. The van der Waals surface area contributed by atoms with Crippen molar-refractivity contribution < 1.29 is 24.0 Å². The molecule has 2 aliphatic heterocycles. The molecule has 2 aromatic carbocycles. The fourth-order valence-electron chi connectivity index (χ4n) is 5.74. The van der Waals surface area contributed by atoms with Crippen molar-refractivity contribution in [1.29, 1.82) is 0 Å². The smallest absolute Gasteiger partial charge is 0.341 e. The topological polar surface area (TPSA) is 79.4 Å². The number of amides is 2. The summed E-state index contributed by atoms with van der Waals surface area (Å²) in [5, 5.41) is 2.05. The molecule has 9 heteroatoms. The number of esters is 1. The Morgan fingerprint density at radius 1 is 1.00 bits per heavy atom. The maximum atomic E-state index is 14.2. The van der Waals surface area contributed by atoms with Crippen LogP contribution in [-0.4, -0.2) is 45.1 Å². The maximum Gasteiger partial charge on any atom is 0.341 e. The second-order valence-corrected chi connectivity index (χ2v) is 11.1. The first-order chi connectivity index (χ1) is 18.4. The normalized spacial score (nSPS) is 22.4. The molecule has 2 amide bonds. The number of hydrogen-bond acceptors (Lipinski definition) is 8. The summed E-state index contributed by atoms with van der Waals surface area (Å²) < 4.78 is 5.10. The van der Waals surface area contributed by atoms with Gasteiger partial charge in [0.05, 0.1) is 24.4 Å². The number of hydroxylamine groups is 1. The third kappa shape index (κ3) is 3.80. The minimum atomic E-state index is -0.995. The van der Waals surface area contributed by atoms with Crippen molar-refractivity contribution in [2.24, 2.45) is 5.92 Å². The van der Waals surface area contributed by atoms with Crippen molar-refractivity contribution in [3.8, 4) is 0 Å². The summed E-state index contributed by atoms with van der Waals surface area (Å²) >= 11 is 1.36. The Bertz CT molecular complexity index is 1400. The largest absolute Gasteiger partial charge is 0.465 e. The molecule has 38 heavy (non-hydrogen) atoms. The summed E-state index contributed by atoms with van der Waals surface area (Å²) in [6.07, 6.45) is 2.54. The van der Waals surface area contributed by atoms with Crippen molar-refractivity contribution >= 4 is 45.5 Å². The van der Waals surface area contributed by atoms with Crippen LogP contribution in [0.1, 0.15) is 45.2 Å². The van der Waals surface area contributed by atoms with Gasteiger partial charge in [-0.25, -0.2) is 14.8 Å². The van der Waals surface area contributed by atoms with Crippen LogP contribution in [0.25, 0.3) is 0 Å². The quantitative estimate of drug-likeness (QED) is 0.354. The Labute approximate surface area is 225 Å². The highest BCUT2D eigenvalue weighted by molar-refractivity contribution is 7.17. The van der Waals surface area contributed by atoms with E-state index in [1.807, 2.05) is 73.6 Å². The Kier molecular flexibility index (Phi) is 6.20. The number of thiophene rings is 1. The summed E-state index contributed by atoms with van der Waals surface area (Å²) in [5.41, 5.74) is 3.91. The predicted molar refractivity (Wildman–Crippen MR) is 146 cm³/mol. The van der Waals surface area contributed by atoms with E-state index >= 15 is 0 Å². The van der Waals surface area contributed by atoms with Gasteiger partial charge in [-0.3, -0.25) is 14.4 Å². The van der Waals surface area contributed by atoms with Crippen molar-refractivity contribution in [3.63, 3.8) is 0 Å². The highest BCUT2D eigenvalue weighted by atomic mass is 32.1. The van der Waals surface area contributed by atoms with Crippen LogP contribution in [0.4, 0.5) is 16.4 Å². The number of fused-ring (bicyclic) bond motifs is 2. The second kappa shape index (κ2) is 9.56. The summed E-state index contributed by atoms with van der Waals surface area (Å²) in [7, 11) is 5.27. The SMILES string of the molecule is COC(=O)c1c(N2C(=O)C3ON(c4ccccc4)C(c4ccc(N(C)C)cc4)C3C2=O)sc2c1CCCC2. The molecule has 0 spiro atoms. The zero-order chi connectivity index (χ0) is 26.6. The molecule has 0 radical (unpaired) electrons. The van der Waals surface area contributed by atoms with Crippen LogP contribution in [0.3, 0.4) is 0 Å². The van der Waals surface area contributed by atoms with Gasteiger partial charge in [0.15, 0.2) is 6.10 Å². The third-order valence-corrected chi connectivity index (χ3v) is 8.90. The monoisotopic (exact) mass is 531 g/mol. The predicted octanol–water partition coefficient (Wildman–Crippen LogP) is 4.53. The van der Waals surface area contributed by atoms with Crippen LogP contribution in [0.15, 0.2) is 54.6 Å². The number of imide groups is 1. The van der Waals surface area contributed by atoms with Crippen LogP contribution in [-0.2, 0) is 32.0 Å². The second-order valence-electron chi connectivity index (χ2n) is 10.0. The van der Waals surface area contributed by atoms with E-state index in [0.29, 0.717) is 10.6 Å². The molecule has 196 valence electrons. The molecule has 2 fully saturated rings. The van der Waals surface area contributed by atoms with Gasteiger partial charge in [0, 0.05) is 24.7 Å². The molecule has 0 saturated carbocycles. The number of rotatable bonds is 5. The van der Waals surface area contributed by atoms with E-state index in [0.717, 1.165) is 53.1 Å². The van der Waals surface area contributed by atoms with Gasteiger partial charge in [-0.2, -0.15) is 0 Å². The van der Waals surface area contributed by atoms with Gasteiger partial charge in [-0.15, -0.1) is 11.3 Å². The van der Waals surface area contributed by atoms with Gasteiger partial charge in [-0.05, 0) is 61.1 Å². The molecular formula is C29H29N3O5S. The number of para-hydroxylation sites is 1. The van der Waals surface area contributed by atoms with Crippen LogP contribution >= 0.6 is 11.3 Å². The van der Waals surface area contributed by atoms with E-state index < -0.39 is 29.9 Å². The van der Waals surface area contributed by atoms with Gasteiger partial charge in [0.1, 0.15) is 10.9 Å². The third-order valence-electron chi connectivity index (χ3n) is 7.62. The zero-order valence-electron chi connectivity index (χ0n) is 21.5. The van der Waals surface area contributed by atoms with Gasteiger partial charge in [-0.1, -0.05) is 30.3 Å². The number of carbonyl (C=O) groups is 3. The number of nitrogens with zero attached hydrogens (tertiary/aromatic N) is 3. The summed E-state index contributed by atoms with van der Waals surface area (Å²) in [4.78, 5) is 51.4.